The van der Waals surface area contributed by atoms with Crippen LogP contribution in [0.25, 0.3) is 0 Å². The molecule has 0 N–H and O–H groups in total. The lowest BCUT2D eigenvalue weighted by molar-refractivity contribution is -0.181. The van der Waals surface area contributed by atoms with Crippen LogP contribution in [0, 0.1) is 0 Å². The summed E-state index contributed by atoms with van der Waals surface area (Å²) >= 11 is 1.90. The number of hydrogen-bond donors (Lipinski definition) is 0. The molecule has 1 aromatic carbocycles. The number of carbonyl (C=O) groups excluding carboxylic acids is 1. The molecular weight excluding hydrogens is 298 g/mol. The van der Waals surface area contributed by atoms with Gasteiger partial charge in [0.05, 0.1) is 13.2 Å². The van der Waals surface area contributed by atoms with E-state index < -0.39 is 5.79 Å². The maximum Gasteiger partial charge on any atom is 0.253 e. The number of aryl methyl sites for hydroxylation is 1. The van der Waals surface area contributed by atoms with Gasteiger partial charge in [-0.2, -0.15) is 0 Å². The van der Waals surface area contributed by atoms with Gasteiger partial charge < -0.3 is 14.4 Å². The number of piperidine rings is 1. The van der Waals surface area contributed by atoms with E-state index in [0.29, 0.717) is 26.3 Å². The van der Waals surface area contributed by atoms with Crippen molar-refractivity contribution < 1.29 is 14.3 Å². The van der Waals surface area contributed by atoms with Gasteiger partial charge in [-0.25, -0.2) is 0 Å². The molecule has 118 valence electrons. The van der Waals surface area contributed by atoms with Crippen LogP contribution in [0.4, 0.5) is 0 Å². The first-order valence-corrected chi connectivity index (χ1v) is 9.07. The monoisotopic (exact) mass is 319 g/mol. The zero-order chi connectivity index (χ0) is 15.0. The van der Waals surface area contributed by atoms with Crippen molar-refractivity contribution in [1.29, 1.82) is 0 Å². The Labute approximate surface area is 135 Å². The molecule has 22 heavy (non-hydrogen) atoms. The second-order valence-electron chi connectivity index (χ2n) is 6.17. The largest absolute Gasteiger partial charge is 0.347 e. The Morgan fingerprint density at radius 2 is 1.95 bits per heavy atom. The minimum Gasteiger partial charge on any atom is -0.347 e. The number of rotatable bonds is 1. The van der Waals surface area contributed by atoms with Crippen molar-refractivity contribution in [2.45, 2.75) is 36.4 Å². The van der Waals surface area contributed by atoms with Gasteiger partial charge in [-0.3, -0.25) is 4.79 Å². The molecule has 0 aliphatic carbocycles. The number of hydrogen-bond acceptors (Lipinski definition) is 4. The summed E-state index contributed by atoms with van der Waals surface area (Å²) in [6, 6.07) is 6.18. The fraction of sp³-hybridized carbons (Fsp3) is 0.588. The van der Waals surface area contributed by atoms with Crippen LogP contribution in [-0.2, 0) is 15.9 Å². The van der Waals surface area contributed by atoms with E-state index in [1.165, 1.54) is 22.6 Å². The summed E-state index contributed by atoms with van der Waals surface area (Å²) in [4.78, 5) is 16.0. The molecule has 3 aliphatic heterocycles. The van der Waals surface area contributed by atoms with Crippen LogP contribution in [0.1, 0.15) is 35.2 Å². The summed E-state index contributed by atoms with van der Waals surface area (Å²) in [6.45, 7) is 2.78. The number of carbonyl (C=O) groups is 1. The van der Waals surface area contributed by atoms with Gasteiger partial charge in [0.2, 0.25) is 0 Å². The molecule has 2 fully saturated rings. The van der Waals surface area contributed by atoms with Crippen LogP contribution in [0.2, 0.25) is 0 Å². The van der Waals surface area contributed by atoms with Crippen LogP contribution in [0.3, 0.4) is 0 Å². The first-order chi connectivity index (χ1) is 10.8. The topological polar surface area (TPSA) is 38.8 Å². The fourth-order valence-electron chi connectivity index (χ4n) is 3.51. The van der Waals surface area contributed by atoms with E-state index in [1.807, 2.05) is 22.7 Å². The molecule has 0 saturated carbocycles. The Bertz CT molecular complexity index is 573. The molecule has 3 heterocycles. The van der Waals surface area contributed by atoms with Crippen molar-refractivity contribution >= 4 is 17.7 Å². The Morgan fingerprint density at radius 3 is 2.73 bits per heavy atom. The average Bonchev–Trinajstić information content (AvgIpc) is 3.02. The maximum absolute atomic E-state index is 12.7. The van der Waals surface area contributed by atoms with Crippen LogP contribution in [0.15, 0.2) is 23.1 Å². The minimum atomic E-state index is -0.413. The molecule has 0 aromatic heterocycles. The molecule has 4 nitrogen and oxygen atoms in total. The predicted molar refractivity (Wildman–Crippen MR) is 85.3 cm³/mol. The highest BCUT2D eigenvalue weighted by molar-refractivity contribution is 7.99. The highest BCUT2D eigenvalue weighted by atomic mass is 32.2. The number of fused-ring (bicyclic) bond motifs is 1. The molecule has 1 spiro atoms. The van der Waals surface area contributed by atoms with Crippen molar-refractivity contribution in [3.05, 3.63) is 29.3 Å². The number of thioether (sulfide) groups is 1. The average molecular weight is 319 g/mol. The van der Waals surface area contributed by atoms with Crippen molar-refractivity contribution in [1.82, 2.24) is 4.90 Å². The summed E-state index contributed by atoms with van der Waals surface area (Å²) in [5, 5.41) is 0. The maximum atomic E-state index is 12.7. The second kappa shape index (κ2) is 5.87. The molecule has 1 amide bonds. The van der Waals surface area contributed by atoms with Gasteiger partial charge in [-0.1, -0.05) is 0 Å². The van der Waals surface area contributed by atoms with Crippen LogP contribution < -0.4 is 0 Å². The van der Waals surface area contributed by atoms with Gasteiger partial charge in [-0.05, 0) is 42.4 Å². The molecule has 4 rings (SSSR count). The molecular formula is C17H21NO3S. The smallest absolute Gasteiger partial charge is 0.253 e. The van der Waals surface area contributed by atoms with E-state index in [0.717, 1.165) is 24.8 Å². The van der Waals surface area contributed by atoms with E-state index in [1.54, 1.807) is 0 Å². The van der Waals surface area contributed by atoms with Gasteiger partial charge in [-0.15, -0.1) is 11.8 Å². The Morgan fingerprint density at radius 1 is 1.18 bits per heavy atom. The van der Waals surface area contributed by atoms with Crippen LogP contribution in [-0.4, -0.2) is 48.7 Å². The van der Waals surface area contributed by atoms with Crippen molar-refractivity contribution in [3.63, 3.8) is 0 Å². The van der Waals surface area contributed by atoms with E-state index in [2.05, 4.69) is 12.1 Å². The minimum absolute atomic E-state index is 0.145. The lowest BCUT2D eigenvalue weighted by Crippen LogP contribution is -2.47. The number of benzene rings is 1. The van der Waals surface area contributed by atoms with E-state index in [-0.39, 0.29) is 5.91 Å². The van der Waals surface area contributed by atoms with E-state index in [4.69, 9.17) is 9.47 Å². The fourth-order valence-corrected chi connectivity index (χ4v) is 4.53. The summed E-state index contributed by atoms with van der Waals surface area (Å²) in [5.74, 6) is 0.920. The van der Waals surface area contributed by atoms with Crippen LogP contribution >= 0.6 is 11.8 Å². The number of likely N-dealkylation sites (tertiary alicyclic amines) is 1. The Kier molecular flexibility index (Phi) is 3.88. The quantitative estimate of drug-likeness (QED) is 0.798. The van der Waals surface area contributed by atoms with Crippen molar-refractivity contribution in [3.8, 4) is 0 Å². The Hall–Kier alpha value is -1.04. The predicted octanol–water partition coefficient (Wildman–Crippen LogP) is 2.70. The SMILES string of the molecule is O=C(c1ccc2c(c1)CCCS2)N1CCC2(CC1)OCCO2. The third-order valence-corrected chi connectivity index (χ3v) is 5.98. The first-order valence-electron chi connectivity index (χ1n) is 8.09. The van der Waals surface area contributed by atoms with Gasteiger partial charge in [0.25, 0.3) is 5.91 Å². The standard InChI is InChI=1S/C17H21NO3S/c19-16(14-3-4-15-13(12-14)2-1-11-22-15)18-7-5-17(6-8-18)20-9-10-21-17/h3-4,12H,1-2,5-11H2. The van der Waals surface area contributed by atoms with Crippen molar-refractivity contribution in [2.24, 2.45) is 0 Å². The lowest BCUT2D eigenvalue weighted by Gasteiger charge is -2.37. The van der Waals surface area contributed by atoms with Gasteiger partial charge in [0.1, 0.15) is 0 Å². The van der Waals surface area contributed by atoms with Gasteiger partial charge in [0.15, 0.2) is 5.79 Å². The molecule has 1 aromatic rings. The molecule has 3 aliphatic rings. The third kappa shape index (κ3) is 2.66. The summed E-state index contributed by atoms with van der Waals surface area (Å²) in [7, 11) is 0. The molecule has 0 atom stereocenters. The number of ether oxygens (including phenoxy) is 2. The summed E-state index contributed by atoms with van der Waals surface area (Å²) in [5.41, 5.74) is 2.16. The van der Waals surface area contributed by atoms with Gasteiger partial charge in [0, 0.05) is 36.4 Å². The first kappa shape index (κ1) is 14.5. The van der Waals surface area contributed by atoms with E-state index >= 15 is 0 Å². The third-order valence-electron chi connectivity index (χ3n) is 4.78. The molecule has 2 saturated heterocycles. The lowest BCUT2D eigenvalue weighted by atomic mass is 10.0. The summed E-state index contributed by atoms with van der Waals surface area (Å²) in [6.07, 6.45) is 3.85. The molecule has 0 radical (unpaired) electrons. The normalized spacial score (nSPS) is 23.5. The number of nitrogens with zero attached hydrogens (tertiary/aromatic N) is 1. The highest BCUT2D eigenvalue weighted by Crippen LogP contribution is 2.33. The van der Waals surface area contributed by atoms with Gasteiger partial charge >= 0.3 is 0 Å². The zero-order valence-corrected chi connectivity index (χ0v) is 13.5. The summed E-state index contributed by atoms with van der Waals surface area (Å²) < 4.78 is 11.5. The Balaban J connectivity index is 1.46. The molecule has 0 unspecified atom stereocenters. The number of amides is 1. The van der Waals surface area contributed by atoms with Crippen molar-refractivity contribution in [2.75, 3.05) is 32.1 Å². The molecule has 5 heteroatoms. The molecule has 0 bridgehead atoms. The highest BCUT2D eigenvalue weighted by Gasteiger charge is 2.40. The zero-order valence-electron chi connectivity index (χ0n) is 12.7. The van der Waals surface area contributed by atoms with E-state index in [9.17, 15) is 4.79 Å². The second-order valence-corrected chi connectivity index (χ2v) is 7.31. The van der Waals surface area contributed by atoms with Crippen LogP contribution in [0.5, 0.6) is 0 Å².